The van der Waals surface area contributed by atoms with E-state index in [1.54, 1.807) is 11.3 Å². The second kappa shape index (κ2) is 5.18. The smallest absolute Gasteiger partial charge is 0.231 e. The van der Waals surface area contributed by atoms with Gasteiger partial charge < -0.3 is 14.8 Å². The van der Waals surface area contributed by atoms with E-state index in [-0.39, 0.29) is 6.17 Å². The lowest BCUT2D eigenvalue weighted by Crippen LogP contribution is -2.36. The number of hydrogen-bond acceptors (Lipinski definition) is 5. The zero-order valence-electron chi connectivity index (χ0n) is 12.4. The van der Waals surface area contributed by atoms with E-state index in [9.17, 15) is 0 Å². The average molecular weight is 312 g/mol. The van der Waals surface area contributed by atoms with E-state index in [1.807, 2.05) is 18.2 Å². The Morgan fingerprint density at radius 2 is 2.14 bits per heavy atom. The molecule has 0 aliphatic carbocycles. The third-order valence-corrected chi connectivity index (χ3v) is 5.07. The lowest BCUT2D eigenvalue weighted by molar-refractivity contribution is 0.174. The summed E-state index contributed by atoms with van der Waals surface area (Å²) in [4.78, 5) is 6.07. The van der Waals surface area contributed by atoms with Crippen LogP contribution in [0.1, 0.15) is 16.0 Å². The number of fused-ring (bicyclic) bond motifs is 2. The highest BCUT2D eigenvalue weighted by molar-refractivity contribution is 7.09. The highest BCUT2D eigenvalue weighted by Gasteiger charge is 2.13. The number of thiophene rings is 1. The van der Waals surface area contributed by atoms with Crippen molar-refractivity contribution in [2.24, 2.45) is 4.99 Å². The molecule has 0 bridgehead atoms. The lowest BCUT2D eigenvalue weighted by Gasteiger charge is -2.10. The SMILES string of the molecule is Cc1sc2c(c1C)=CN[C@@H](/C=C/c1ccc3c(c1)OCO3)N=2. The molecule has 4 rings (SSSR count). The van der Waals surface area contributed by atoms with E-state index in [0.717, 1.165) is 21.7 Å². The number of nitrogens with one attached hydrogen (secondary N) is 1. The summed E-state index contributed by atoms with van der Waals surface area (Å²) >= 11 is 1.75. The van der Waals surface area contributed by atoms with Crippen LogP contribution in [0.15, 0.2) is 29.3 Å². The van der Waals surface area contributed by atoms with Crippen molar-refractivity contribution >= 4 is 23.6 Å². The summed E-state index contributed by atoms with van der Waals surface area (Å²) in [7, 11) is 0. The summed E-state index contributed by atoms with van der Waals surface area (Å²) in [6.45, 7) is 4.58. The number of rotatable bonds is 2. The zero-order valence-corrected chi connectivity index (χ0v) is 13.2. The Bertz CT molecular complexity index is 883. The molecule has 0 radical (unpaired) electrons. The maximum atomic E-state index is 5.39. The molecule has 2 aliphatic heterocycles. The third kappa shape index (κ3) is 2.27. The molecular weight excluding hydrogens is 296 g/mol. The molecule has 0 amide bonds. The van der Waals surface area contributed by atoms with Crippen molar-refractivity contribution in [2.45, 2.75) is 20.0 Å². The van der Waals surface area contributed by atoms with Gasteiger partial charge in [-0.25, -0.2) is 4.99 Å². The topological polar surface area (TPSA) is 42.8 Å². The normalized spacial score (nSPS) is 18.5. The molecule has 1 aromatic carbocycles. The molecule has 112 valence electrons. The number of benzene rings is 1. The van der Waals surface area contributed by atoms with Gasteiger partial charge in [0.15, 0.2) is 11.5 Å². The summed E-state index contributed by atoms with van der Waals surface area (Å²) < 4.78 is 11.8. The number of aryl methyl sites for hydroxylation is 1. The highest BCUT2D eigenvalue weighted by atomic mass is 32.1. The monoisotopic (exact) mass is 312 g/mol. The van der Waals surface area contributed by atoms with Crippen LogP contribution in [0.4, 0.5) is 0 Å². The van der Waals surface area contributed by atoms with Crippen molar-refractivity contribution in [3.63, 3.8) is 0 Å². The second-order valence-electron chi connectivity index (χ2n) is 5.36. The molecule has 4 nitrogen and oxygen atoms in total. The minimum Gasteiger partial charge on any atom is -0.454 e. The third-order valence-electron chi connectivity index (χ3n) is 3.93. The van der Waals surface area contributed by atoms with Crippen molar-refractivity contribution in [1.82, 2.24) is 5.32 Å². The molecule has 0 spiro atoms. The zero-order chi connectivity index (χ0) is 15.1. The molecule has 2 aromatic rings. The largest absolute Gasteiger partial charge is 0.454 e. The van der Waals surface area contributed by atoms with Gasteiger partial charge in [0.05, 0.1) is 0 Å². The number of ether oxygens (including phenoxy) is 2. The first-order valence-electron chi connectivity index (χ1n) is 7.19. The maximum Gasteiger partial charge on any atom is 0.231 e. The molecule has 5 heteroatoms. The van der Waals surface area contributed by atoms with E-state index in [4.69, 9.17) is 14.5 Å². The van der Waals surface area contributed by atoms with Gasteiger partial charge in [0, 0.05) is 16.3 Å². The predicted octanol–water partition coefficient (Wildman–Crippen LogP) is 2.09. The summed E-state index contributed by atoms with van der Waals surface area (Å²) in [5, 5.41) is 4.54. The van der Waals surface area contributed by atoms with E-state index in [2.05, 4.69) is 37.5 Å². The molecule has 0 saturated carbocycles. The van der Waals surface area contributed by atoms with E-state index in [0.29, 0.717) is 6.79 Å². The van der Waals surface area contributed by atoms with Crippen LogP contribution in [-0.4, -0.2) is 13.0 Å². The van der Waals surface area contributed by atoms with Crippen molar-refractivity contribution in [2.75, 3.05) is 6.79 Å². The minimum atomic E-state index is -0.0321. The van der Waals surface area contributed by atoms with Crippen LogP contribution in [0.2, 0.25) is 0 Å². The van der Waals surface area contributed by atoms with Gasteiger partial charge in [-0.15, -0.1) is 11.3 Å². The van der Waals surface area contributed by atoms with Crippen LogP contribution in [0.5, 0.6) is 11.5 Å². The van der Waals surface area contributed by atoms with Gasteiger partial charge in [0.1, 0.15) is 10.8 Å². The molecule has 0 unspecified atom stereocenters. The van der Waals surface area contributed by atoms with Crippen LogP contribution in [-0.2, 0) is 0 Å². The maximum absolute atomic E-state index is 5.39. The highest BCUT2D eigenvalue weighted by Crippen LogP contribution is 2.32. The first-order chi connectivity index (χ1) is 10.7. The molecule has 1 aromatic heterocycles. The Hall–Kier alpha value is -2.27. The van der Waals surface area contributed by atoms with Crippen molar-refractivity contribution in [3.8, 4) is 11.5 Å². The standard InChI is InChI=1S/C17H16N2O2S/c1-10-11(2)22-17-13(10)8-18-16(19-17)6-4-12-3-5-14-15(7-12)21-9-20-14/h3-8,16,18H,9H2,1-2H3/b6-4+/t16-/m1/s1. The van der Waals surface area contributed by atoms with Crippen LogP contribution >= 0.6 is 11.3 Å². The Morgan fingerprint density at radius 3 is 3.05 bits per heavy atom. The van der Waals surface area contributed by atoms with Gasteiger partial charge >= 0.3 is 0 Å². The summed E-state index contributed by atoms with van der Waals surface area (Å²) in [5.41, 5.74) is 2.39. The van der Waals surface area contributed by atoms with Gasteiger partial charge in [-0.1, -0.05) is 12.1 Å². The Morgan fingerprint density at radius 1 is 1.27 bits per heavy atom. The first-order valence-corrected chi connectivity index (χ1v) is 8.00. The van der Waals surface area contributed by atoms with Crippen LogP contribution in [0, 0.1) is 13.8 Å². The number of hydrogen-bond donors (Lipinski definition) is 1. The quantitative estimate of drug-likeness (QED) is 0.923. The fraction of sp³-hybridized carbons (Fsp3) is 0.235. The lowest BCUT2D eigenvalue weighted by atomic mass is 10.2. The Labute approximate surface area is 132 Å². The van der Waals surface area contributed by atoms with Gasteiger partial charge in [-0.2, -0.15) is 0 Å². The summed E-state index contributed by atoms with van der Waals surface area (Å²) in [6.07, 6.45) is 6.14. The van der Waals surface area contributed by atoms with E-state index < -0.39 is 0 Å². The van der Waals surface area contributed by atoms with Gasteiger partial charge in [-0.05, 0) is 43.2 Å². The summed E-state index contributed by atoms with van der Waals surface area (Å²) in [6, 6.07) is 5.93. The average Bonchev–Trinajstić information content (AvgIpc) is 3.10. The van der Waals surface area contributed by atoms with Crippen molar-refractivity contribution in [1.29, 1.82) is 0 Å². The number of nitrogens with zero attached hydrogens (tertiary/aromatic N) is 1. The van der Waals surface area contributed by atoms with Gasteiger partial charge in [0.25, 0.3) is 0 Å². The van der Waals surface area contributed by atoms with Crippen molar-refractivity contribution in [3.05, 3.63) is 50.2 Å². The fourth-order valence-electron chi connectivity index (χ4n) is 2.54. The van der Waals surface area contributed by atoms with Crippen LogP contribution < -0.4 is 24.7 Å². The predicted molar refractivity (Wildman–Crippen MR) is 87.6 cm³/mol. The van der Waals surface area contributed by atoms with E-state index >= 15 is 0 Å². The molecule has 3 heterocycles. The van der Waals surface area contributed by atoms with E-state index in [1.165, 1.54) is 15.7 Å². The molecule has 2 aliphatic rings. The Balaban J connectivity index is 1.59. The molecule has 1 N–H and O–H groups in total. The fourth-order valence-corrected chi connectivity index (χ4v) is 3.58. The Kier molecular flexibility index (Phi) is 3.15. The second-order valence-corrected chi connectivity index (χ2v) is 6.56. The van der Waals surface area contributed by atoms with Gasteiger partial charge in [0.2, 0.25) is 6.79 Å². The molecule has 22 heavy (non-hydrogen) atoms. The molecule has 1 atom stereocenters. The first kappa shape index (κ1) is 13.4. The van der Waals surface area contributed by atoms with Gasteiger partial charge in [-0.3, -0.25) is 0 Å². The van der Waals surface area contributed by atoms with Crippen LogP contribution in [0.25, 0.3) is 12.3 Å². The molecule has 0 saturated heterocycles. The van der Waals surface area contributed by atoms with Crippen molar-refractivity contribution < 1.29 is 9.47 Å². The molecule has 0 fully saturated rings. The van der Waals surface area contributed by atoms with Crippen LogP contribution in [0.3, 0.4) is 0 Å². The summed E-state index contributed by atoms with van der Waals surface area (Å²) in [5.74, 6) is 1.61. The minimum absolute atomic E-state index is 0.0321. The molecular formula is C17H16N2O2S.